The third-order valence-corrected chi connectivity index (χ3v) is 3.60. The average molecular weight is 254 g/mol. The van der Waals surface area contributed by atoms with Gasteiger partial charge in [-0.1, -0.05) is 36.9 Å². The van der Waals surface area contributed by atoms with Gasteiger partial charge in [0, 0.05) is 6.08 Å². The van der Waals surface area contributed by atoms with Crippen molar-refractivity contribution < 1.29 is 17.9 Å². The van der Waals surface area contributed by atoms with Crippen LogP contribution in [0.15, 0.2) is 43.0 Å². The van der Waals surface area contributed by atoms with Gasteiger partial charge >= 0.3 is 5.97 Å². The zero-order valence-corrected chi connectivity index (χ0v) is 10.2. The van der Waals surface area contributed by atoms with Gasteiger partial charge in [0.15, 0.2) is 9.84 Å². The van der Waals surface area contributed by atoms with E-state index in [0.717, 1.165) is 11.6 Å². The molecule has 1 aromatic carbocycles. The summed E-state index contributed by atoms with van der Waals surface area (Å²) in [4.78, 5) is 10.7. The van der Waals surface area contributed by atoms with Crippen molar-refractivity contribution in [3.63, 3.8) is 0 Å². The number of hydrogen-bond acceptors (Lipinski definition) is 4. The van der Waals surface area contributed by atoms with Crippen molar-refractivity contribution in [3.8, 4) is 0 Å². The number of ether oxygens (including phenoxy) is 1. The van der Waals surface area contributed by atoms with Crippen LogP contribution in [0.3, 0.4) is 0 Å². The molecule has 0 aromatic heterocycles. The van der Waals surface area contributed by atoms with E-state index in [1.807, 2.05) is 6.07 Å². The van der Waals surface area contributed by atoms with Crippen molar-refractivity contribution >= 4 is 15.8 Å². The molecule has 0 fully saturated rings. The van der Waals surface area contributed by atoms with Crippen molar-refractivity contribution in [3.05, 3.63) is 48.6 Å². The van der Waals surface area contributed by atoms with Crippen molar-refractivity contribution in [2.45, 2.75) is 5.75 Å². The van der Waals surface area contributed by atoms with E-state index in [2.05, 4.69) is 11.3 Å². The molecule has 0 amide bonds. The lowest BCUT2D eigenvalue weighted by atomic mass is 10.2. The highest BCUT2D eigenvalue weighted by Crippen LogP contribution is 2.06. The van der Waals surface area contributed by atoms with Gasteiger partial charge in [-0.15, -0.1) is 0 Å². The van der Waals surface area contributed by atoms with E-state index in [0.29, 0.717) is 0 Å². The molecule has 4 nitrogen and oxygen atoms in total. The Bertz CT molecular complexity index is 476. The van der Waals surface area contributed by atoms with Crippen LogP contribution in [0.25, 0.3) is 0 Å². The molecule has 17 heavy (non-hydrogen) atoms. The molecule has 0 N–H and O–H groups in total. The van der Waals surface area contributed by atoms with Gasteiger partial charge in [0.1, 0.15) is 6.61 Å². The Morgan fingerprint density at radius 3 is 2.53 bits per heavy atom. The number of benzene rings is 1. The summed E-state index contributed by atoms with van der Waals surface area (Å²) in [5.74, 6) is -0.832. The van der Waals surface area contributed by atoms with Crippen LogP contribution in [0.1, 0.15) is 5.56 Å². The van der Waals surface area contributed by atoms with Gasteiger partial charge in [-0.05, 0) is 5.56 Å². The summed E-state index contributed by atoms with van der Waals surface area (Å²) in [6.45, 7) is 3.08. The van der Waals surface area contributed by atoms with E-state index in [-0.39, 0.29) is 18.1 Å². The first-order valence-corrected chi connectivity index (χ1v) is 6.89. The Hall–Kier alpha value is -1.62. The first kappa shape index (κ1) is 13.4. The predicted molar refractivity (Wildman–Crippen MR) is 65.1 cm³/mol. The molecular weight excluding hydrogens is 240 g/mol. The summed E-state index contributed by atoms with van der Waals surface area (Å²) in [6.07, 6.45) is 1.00. The molecule has 0 saturated carbocycles. The Labute approximate surface area is 101 Å². The highest BCUT2D eigenvalue weighted by atomic mass is 32.2. The van der Waals surface area contributed by atoms with Gasteiger partial charge in [0.25, 0.3) is 0 Å². The third-order valence-electron chi connectivity index (χ3n) is 2.03. The fourth-order valence-corrected chi connectivity index (χ4v) is 2.41. The highest BCUT2D eigenvalue weighted by Gasteiger charge is 2.12. The highest BCUT2D eigenvalue weighted by molar-refractivity contribution is 7.90. The second-order valence-electron chi connectivity index (χ2n) is 3.45. The normalized spacial score (nSPS) is 10.8. The number of carbonyl (C=O) groups is 1. The molecule has 0 aliphatic carbocycles. The second kappa shape index (κ2) is 6.20. The molecule has 0 unspecified atom stereocenters. The van der Waals surface area contributed by atoms with Crippen LogP contribution in [0.4, 0.5) is 0 Å². The first-order chi connectivity index (χ1) is 8.03. The van der Waals surface area contributed by atoms with Crippen LogP contribution in [-0.4, -0.2) is 26.7 Å². The van der Waals surface area contributed by atoms with E-state index < -0.39 is 15.8 Å². The lowest BCUT2D eigenvalue weighted by Crippen LogP contribution is -2.16. The molecule has 5 heteroatoms. The van der Waals surface area contributed by atoms with Crippen molar-refractivity contribution in [1.29, 1.82) is 0 Å². The van der Waals surface area contributed by atoms with Crippen LogP contribution in [0, 0.1) is 0 Å². The molecule has 1 aromatic rings. The Kier molecular flexibility index (Phi) is 4.90. The molecule has 0 aliphatic rings. The van der Waals surface area contributed by atoms with Crippen molar-refractivity contribution in [1.82, 2.24) is 0 Å². The zero-order valence-electron chi connectivity index (χ0n) is 9.33. The predicted octanol–water partition coefficient (Wildman–Crippen LogP) is 1.33. The summed E-state index contributed by atoms with van der Waals surface area (Å²) in [6, 6.07) is 8.87. The van der Waals surface area contributed by atoms with Crippen molar-refractivity contribution in [2.24, 2.45) is 0 Å². The van der Waals surface area contributed by atoms with Gasteiger partial charge < -0.3 is 4.74 Å². The molecule has 0 atom stereocenters. The maximum atomic E-state index is 11.7. The quantitative estimate of drug-likeness (QED) is 0.567. The first-order valence-electron chi connectivity index (χ1n) is 5.07. The molecule has 0 saturated heterocycles. The zero-order chi connectivity index (χ0) is 12.7. The standard InChI is InChI=1S/C12H14O4S/c1-2-12(13)16-8-9-17(14,15)10-11-6-4-3-5-7-11/h2-7H,1,8-10H2. The average Bonchev–Trinajstić information content (AvgIpc) is 2.29. The molecule has 0 aliphatic heterocycles. The fraction of sp³-hybridized carbons (Fsp3) is 0.250. The van der Waals surface area contributed by atoms with E-state index in [9.17, 15) is 13.2 Å². The second-order valence-corrected chi connectivity index (χ2v) is 5.63. The number of hydrogen-bond donors (Lipinski definition) is 0. The lowest BCUT2D eigenvalue weighted by molar-refractivity contribution is -0.137. The minimum Gasteiger partial charge on any atom is -0.461 e. The number of rotatable bonds is 6. The summed E-state index contributed by atoms with van der Waals surface area (Å²) in [5, 5.41) is 0. The molecule has 92 valence electrons. The van der Waals surface area contributed by atoms with Crippen LogP contribution in [-0.2, 0) is 25.1 Å². The number of esters is 1. The topological polar surface area (TPSA) is 60.4 Å². The van der Waals surface area contributed by atoms with Crippen LogP contribution >= 0.6 is 0 Å². The van der Waals surface area contributed by atoms with Crippen molar-refractivity contribution in [2.75, 3.05) is 12.4 Å². The lowest BCUT2D eigenvalue weighted by Gasteiger charge is -2.04. The van der Waals surface area contributed by atoms with Gasteiger partial charge in [0.2, 0.25) is 0 Å². The smallest absolute Gasteiger partial charge is 0.330 e. The van der Waals surface area contributed by atoms with Gasteiger partial charge in [-0.3, -0.25) is 0 Å². The number of carbonyl (C=O) groups excluding carboxylic acids is 1. The summed E-state index contributed by atoms with van der Waals surface area (Å²) >= 11 is 0. The molecule has 0 bridgehead atoms. The van der Waals surface area contributed by atoms with E-state index in [1.54, 1.807) is 24.3 Å². The Morgan fingerprint density at radius 2 is 1.94 bits per heavy atom. The monoisotopic (exact) mass is 254 g/mol. The van der Waals surface area contributed by atoms with E-state index in [1.165, 1.54) is 0 Å². The van der Waals surface area contributed by atoms with E-state index >= 15 is 0 Å². The third kappa shape index (κ3) is 5.31. The summed E-state index contributed by atoms with van der Waals surface area (Å²) in [5.41, 5.74) is 0.725. The van der Waals surface area contributed by atoms with Crippen LogP contribution < -0.4 is 0 Å². The molecular formula is C12H14O4S. The minimum atomic E-state index is -3.25. The van der Waals surface area contributed by atoms with Crippen LogP contribution in [0.5, 0.6) is 0 Å². The minimum absolute atomic E-state index is 0.0422. The SMILES string of the molecule is C=CC(=O)OCCS(=O)(=O)Cc1ccccc1. The molecule has 0 radical (unpaired) electrons. The molecule has 1 rings (SSSR count). The van der Waals surface area contributed by atoms with Gasteiger partial charge in [-0.2, -0.15) is 0 Å². The molecule has 0 spiro atoms. The Balaban J connectivity index is 2.47. The number of sulfone groups is 1. The maximum absolute atomic E-state index is 11.7. The van der Waals surface area contributed by atoms with Gasteiger partial charge in [0.05, 0.1) is 11.5 Å². The van der Waals surface area contributed by atoms with Crippen LogP contribution in [0.2, 0.25) is 0 Å². The van der Waals surface area contributed by atoms with E-state index in [4.69, 9.17) is 0 Å². The fourth-order valence-electron chi connectivity index (χ4n) is 1.23. The maximum Gasteiger partial charge on any atom is 0.330 e. The summed E-state index contributed by atoms with van der Waals surface area (Å²) < 4.78 is 27.9. The summed E-state index contributed by atoms with van der Waals surface area (Å²) in [7, 11) is -3.25. The Morgan fingerprint density at radius 1 is 1.29 bits per heavy atom. The molecule has 0 heterocycles. The van der Waals surface area contributed by atoms with Gasteiger partial charge in [-0.25, -0.2) is 13.2 Å². The largest absolute Gasteiger partial charge is 0.461 e.